The molecule has 1 unspecified atom stereocenters. The van der Waals surface area contributed by atoms with Crippen LogP contribution in [0.1, 0.15) is 54.4 Å². The molecule has 4 N–H and O–H groups in total. The van der Waals surface area contributed by atoms with Crippen LogP contribution in [0.5, 0.6) is 0 Å². The standard InChI is InChI=1S/C33H45N9O3S/c1-22-5-4-14-45-32(35-3)27(20-34)29-18-24(17-23(2)37-29)31(43)39-33-38-28-7-6-25(19-30(28)42(33)21-22)40-46(44)15-8-26(9-16-46)41-12-10-36-11-13-41/h6-7,17-20,22,26,36H,4-5,8-16,21,34H2,1-3H3,(H,38,39,43). The number of nitrogens with zero attached hydrogens (tertiary/aromatic N) is 6. The van der Waals surface area contributed by atoms with Gasteiger partial charge in [0.15, 0.2) is 0 Å². The molecule has 0 aliphatic carbocycles. The minimum Gasteiger partial charge on any atom is -0.477 e. The summed E-state index contributed by atoms with van der Waals surface area (Å²) in [5, 5.41) is 6.47. The summed E-state index contributed by atoms with van der Waals surface area (Å²) in [6.07, 6.45) is 4.91. The quantitative estimate of drug-likeness (QED) is 0.379. The maximum Gasteiger partial charge on any atom is 0.258 e. The highest BCUT2D eigenvalue weighted by atomic mass is 32.2. The molecule has 2 bridgehead atoms. The van der Waals surface area contributed by atoms with Crippen LogP contribution in [0.4, 0.5) is 11.6 Å². The van der Waals surface area contributed by atoms with Gasteiger partial charge in [0.05, 0.1) is 44.3 Å². The first kappa shape index (κ1) is 32.1. The zero-order valence-corrected chi connectivity index (χ0v) is 27.8. The molecule has 46 heavy (non-hydrogen) atoms. The highest BCUT2D eigenvalue weighted by molar-refractivity contribution is 7.93. The maximum atomic E-state index is 13.9. The van der Waals surface area contributed by atoms with E-state index in [0.29, 0.717) is 70.8 Å². The third-order valence-corrected chi connectivity index (χ3v) is 11.4. The van der Waals surface area contributed by atoms with Crippen LogP contribution in [0.25, 0.3) is 16.6 Å². The molecule has 2 fully saturated rings. The summed E-state index contributed by atoms with van der Waals surface area (Å²) in [6.45, 7) is 9.23. The number of hydrogen-bond donors (Lipinski definition) is 3. The van der Waals surface area contributed by atoms with Crippen molar-refractivity contribution in [2.24, 2.45) is 21.0 Å². The Kier molecular flexibility index (Phi) is 9.71. The van der Waals surface area contributed by atoms with Crippen molar-refractivity contribution < 1.29 is 13.7 Å². The number of pyridine rings is 1. The maximum absolute atomic E-state index is 13.9. The van der Waals surface area contributed by atoms with Gasteiger partial charge in [-0.3, -0.25) is 25.0 Å². The normalized spacial score (nSPS) is 27.0. The average molecular weight is 648 g/mol. The van der Waals surface area contributed by atoms with Gasteiger partial charge in [-0.25, -0.2) is 9.19 Å². The Morgan fingerprint density at radius 3 is 2.63 bits per heavy atom. The number of carbonyl (C=O) groups is 1. The number of fused-ring (bicyclic) bond motifs is 5. The highest BCUT2D eigenvalue weighted by Crippen LogP contribution is 2.30. The first-order valence-electron chi connectivity index (χ1n) is 16.2. The van der Waals surface area contributed by atoms with E-state index in [1.807, 2.05) is 29.7 Å². The predicted octanol–water partition coefficient (Wildman–Crippen LogP) is 3.93. The molecule has 0 saturated carbocycles. The van der Waals surface area contributed by atoms with Crippen LogP contribution in [0.15, 0.2) is 45.9 Å². The van der Waals surface area contributed by atoms with E-state index in [1.165, 1.54) is 6.20 Å². The molecule has 246 valence electrons. The summed E-state index contributed by atoms with van der Waals surface area (Å²) in [6, 6.07) is 9.67. The van der Waals surface area contributed by atoms with Gasteiger partial charge in [-0.2, -0.15) is 4.36 Å². The minimum atomic E-state index is -2.36. The van der Waals surface area contributed by atoms with Crippen LogP contribution in [-0.2, 0) is 21.0 Å². The van der Waals surface area contributed by atoms with E-state index < -0.39 is 9.73 Å². The highest BCUT2D eigenvalue weighted by Gasteiger charge is 2.28. The molecule has 1 amide bonds. The van der Waals surface area contributed by atoms with Crippen molar-refractivity contribution in [3.63, 3.8) is 0 Å². The van der Waals surface area contributed by atoms with Crippen molar-refractivity contribution >= 4 is 49.8 Å². The third kappa shape index (κ3) is 7.11. The molecule has 0 radical (unpaired) electrons. The van der Waals surface area contributed by atoms with E-state index >= 15 is 0 Å². The number of amides is 1. The molecular weight excluding hydrogens is 602 g/mol. The number of nitrogens with two attached hydrogens (primary N) is 1. The van der Waals surface area contributed by atoms with Gasteiger partial charge in [-0.1, -0.05) is 6.92 Å². The number of anilines is 1. The molecule has 1 atom stereocenters. The molecule has 1 aromatic carbocycles. The topological polar surface area (TPSA) is 152 Å². The number of nitrogens with one attached hydrogen (secondary N) is 2. The van der Waals surface area contributed by atoms with Crippen LogP contribution in [0.2, 0.25) is 0 Å². The van der Waals surface area contributed by atoms with E-state index in [2.05, 4.69) is 32.4 Å². The van der Waals surface area contributed by atoms with Gasteiger partial charge in [0.1, 0.15) is 0 Å². The molecular formula is C33H45N9O3S. The molecule has 3 aliphatic heterocycles. The molecule has 0 spiro atoms. The van der Waals surface area contributed by atoms with Crippen LogP contribution < -0.4 is 16.4 Å². The van der Waals surface area contributed by atoms with Gasteiger partial charge < -0.3 is 20.4 Å². The zero-order chi connectivity index (χ0) is 32.3. The Balaban J connectivity index is 1.32. The molecule has 2 aromatic heterocycles. The second kappa shape index (κ2) is 13.9. The van der Waals surface area contributed by atoms with E-state index in [4.69, 9.17) is 19.8 Å². The van der Waals surface area contributed by atoms with Crippen molar-refractivity contribution in [2.45, 2.75) is 52.1 Å². The second-order valence-corrected chi connectivity index (χ2v) is 15.1. The van der Waals surface area contributed by atoms with E-state index in [1.54, 1.807) is 19.2 Å². The van der Waals surface area contributed by atoms with E-state index in [9.17, 15) is 9.00 Å². The Morgan fingerprint density at radius 1 is 1.11 bits per heavy atom. The summed E-state index contributed by atoms with van der Waals surface area (Å²) in [5.74, 6) is 2.00. The van der Waals surface area contributed by atoms with E-state index in [0.717, 1.165) is 62.9 Å². The number of rotatable bonds is 2. The van der Waals surface area contributed by atoms with Crippen LogP contribution >= 0.6 is 0 Å². The fourth-order valence-electron chi connectivity index (χ4n) is 6.67. The molecule has 5 heterocycles. The van der Waals surface area contributed by atoms with Gasteiger partial charge >= 0.3 is 0 Å². The fraction of sp³-hybridized carbons (Fsp3) is 0.515. The Bertz CT molecular complexity index is 1770. The predicted molar refractivity (Wildman–Crippen MR) is 184 cm³/mol. The number of benzene rings is 1. The number of ether oxygens (including phenoxy) is 1. The van der Waals surface area contributed by atoms with Crippen molar-refractivity contribution in [3.8, 4) is 0 Å². The van der Waals surface area contributed by atoms with Gasteiger partial charge in [0, 0.05) is 74.8 Å². The molecule has 13 heteroatoms. The monoisotopic (exact) mass is 647 g/mol. The number of aryl methyl sites for hydroxylation is 1. The van der Waals surface area contributed by atoms with Crippen LogP contribution in [0, 0.1) is 12.8 Å². The Hall–Kier alpha value is -3.81. The summed E-state index contributed by atoms with van der Waals surface area (Å²) in [7, 11) is -0.707. The summed E-state index contributed by atoms with van der Waals surface area (Å²) < 4.78 is 26.8. The molecule has 3 aromatic rings. The minimum absolute atomic E-state index is 0.246. The lowest BCUT2D eigenvalue weighted by atomic mass is 10.1. The number of aromatic nitrogens is 3. The number of hydrogen-bond acceptors (Lipinski definition) is 10. The number of carbonyl (C=O) groups excluding carboxylic acids is 1. The lowest BCUT2D eigenvalue weighted by Gasteiger charge is -2.37. The first-order valence-corrected chi connectivity index (χ1v) is 18.1. The van der Waals surface area contributed by atoms with Crippen molar-refractivity contribution in [3.05, 3.63) is 53.5 Å². The lowest BCUT2D eigenvalue weighted by Crippen LogP contribution is -2.50. The number of piperazine rings is 1. The smallest absolute Gasteiger partial charge is 0.258 e. The SMILES string of the molecule is CN=C1OCCCC(C)Cn2c(nc3ccc(N=S4(=O)CCC(N5CCNCC5)CC4)cc32)NC(=O)c2cc(C)nc(c2)C1=CN. The molecule has 2 saturated heterocycles. The first-order chi connectivity index (χ1) is 22.2. The van der Waals surface area contributed by atoms with Crippen LogP contribution in [-0.4, -0.2) is 92.8 Å². The van der Waals surface area contributed by atoms with Crippen molar-refractivity contribution in [1.82, 2.24) is 24.8 Å². The third-order valence-electron chi connectivity index (χ3n) is 9.10. The molecule has 3 aliphatic rings. The van der Waals surface area contributed by atoms with Crippen molar-refractivity contribution in [1.29, 1.82) is 0 Å². The van der Waals surface area contributed by atoms with Crippen LogP contribution in [0.3, 0.4) is 0 Å². The second-order valence-electron chi connectivity index (χ2n) is 12.5. The van der Waals surface area contributed by atoms with E-state index in [-0.39, 0.29) is 11.8 Å². The molecule has 12 nitrogen and oxygen atoms in total. The van der Waals surface area contributed by atoms with Gasteiger partial charge in [-0.15, -0.1) is 0 Å². The summed E-state index contributed by atoms with van der Waals surface area (Å²) in [5.41, 5.74) is 10.4. The lowest BCUT2D eigenvalue weighted by molar-refractivity contribution is 0.102. The summed E-state index contributed by atoms with van der Waals surface area (Å²) in [4.78, 5) is 30.0. The Morgan fingerprint density at radius 2 is 1.89 bits per heavy atom. The van der Waals surface area contributed by atoms with Gasteiger partial charge in [-0.05, 0) is 68.9 Å². The fourth-order valence-corrected chi connectivity index (χ4v) is 8.84. The zero-order valence-electron chi connectivity index (χ0n) is 27.0. The largest absolute Gasteiger partial charge is 0.477 e. The number of imidazole rings is 1. The molecule has 6 rings (SSSR count). The Labute approximate surface area is 271 Å². The van der Waals surface area contributed by atoms with Crippen molar-refractivity contribution in [2.75, 3.05) is 56.7 Å². The number of aliphatic imine (C=N–C) groups is 1. The summed E-state index contributed by atoms with van der Waals surface area (Å²) >= 11 is 0. The average Bonchev–Trinajstić information content (AvgIpc) is 3.37. The van der Waals surface area contributed by atoms with Gasteiger partial charge in [0.25, 0.3) is 5.91 Å². The van der Waals surface area contributed by atoms with Gasteiger partial charge in [0.2, 0.25) is 11.8 Å².